The van der Waals surface area contributed by atoms with Gasteiger partial charge in [-0.3, -0.25) is 0 Å². The van der Waals surface area contributed by atoms with Gasteiger partial charge in [-0.25, -0.2) is 9.78 Å². The zero-order valence-electron chi connectivity index (χ0n) is 10.2. The summed E-state index contributed by atoms with van der Waals surface area (Å²) in [4.78, 5) is 15.0. The molecule has 0 bridgehead atoms. The summed E-state index contributed by atoms with van der Waals surface area (Å²) in [5.74, 6) is -0.0167. The normalized spacial score (nSPS) is 14.1. The fourth-order valence-electron chi connectivity index (χ4n) is 1.41. The first-order chi connectivity index (χ1) is 7.95. The molecule has 5 heteroatoms. The van der Waals surface area contributed by atoms with Gasteiger partial charge < -0.3 is 10.4 Å². The number of rotatable bonds is 5. The summed E-state index contributed by atoms with van der Waals surface area (Å²) < 4.78 is 0. The third-order valence-corrected chi connectivity index (χ3v) is 3.26. The molecule has 1 heterocycles. The molecule has 1 rings (SSSR count). The molecule has 17 heavy (non-hydrogen) atoms. The molecule has 0 saturated carbocycles. The summed E-state index contributed by atoms with van der Waals surface area (Å²) in [5.41, 5.74) is 0.0699. The lowest BCUT2D eigenvalue weighted by atomic mass is 10.0. The molecule has 2 N–H and O–H groups in total. The fourth-order valence-corrected chi connectivity index (χ4v) is 1.59. The maximum Gasteiger partial charge on any atom is 0.337 e. The van der Waals surface area contributed by atoms with Crippen LogP contribution in [0.3, 0.4) is 0 Å². The highest BCUT2D eigenvalue weighted by atomic mass is 35.5. The van der Waals surface area contributed by atoms with E-state index in [4.69, 9.17) is 16.7 Å². The highest BCUT2D eigenvalue weighted by Gasteiger charge is 2.14. The monoisotopic (exact) mass is 256 g/mol. The first-order valence-corrected chi connectivity index (χ1v) is 5.98. The van der Waals surface area contributed by atoms with Gasteiger partial charge in [0.15, 0.2) is 0 Å². The Labute approximate surface area is 106 Å². The van der Waals surface area contributed by atoms with Crippen molar-refractivity contribution in [1.82, 2.24) is 4.98 Å². The van der Waals surface area contributed by atoms with E-state index in [0.29, 0.717) is 11.7 Å². The molecule has 94 valence electrons. The molecule has 0 amide bonds. The SMILES string of the molecule is CCC(C)C(C)Nc1cc(C(=O)O)c(Cl)cn1. The number of carboxylic acids is 1. The van der Waals surface area contributed by atoms with Crippen molar-refractivity contribution in [3.63, 3.8) is 0 Å². The summed E-state index contributed by atoms with van der Waals surface area (Å²) in [7, 11) is 0. The molecule has 0 fully saturated rings. The summed E-state index contributed by atoms with van der Waals surface area (Å²) in [6.07, 6.45) is 2.41. The van der Waals surface area contributed by atoms with Crippen molar-refractivity contribution < 1.29 is 9.90 Å². The maximum absolute atomic E-state index is 10.9. The Balaban J connectivity index is 2.86. The van der Waals surface area contributed by atoms with Crippen LogP contribution in [0.15, 0.2) is 12.3 Å². The second-order valence-corrected chi connectivity index (χ2v) is 4.58. The third kappa shape index (κ3) is 3.60. The number of aromatic carboxylic acids is 1. The maximum atomic E-state index is 10.9. The minimum atomic E-state index is -1.04. The van der Waals surface area contributed by atoms with Crippen molar-refractivity contribution in [3.05, 3.63) is 22.8 Å². The van der Waals surface area contributed by atoms with E-state index >= 15 is 0 Å². The van der Waals surface area contributed by atoms with Crippen molar-refractivity contribution in [3.8, 4) is 0 Å². The van der Waals surface area contributed by atoms with Gasteiger partial charge in [-0.1, -0.05) is 31.9 Å². The van der Waals surface area contributed by atoms with E-state index in [-0.39, 0.29) is 16.6 Å². The average molecular weight is 257 g/mol. The van der Waals surface area contributed by atoms with Crippen LogP contribution in [-0.2, 0) is 0 Å². The number of carbonyl (C=O) groups is 1. The van der Waals surface area contributed by atoms with E-state index in [1.165, 1.54) is 12.3 Å². The number of aromatic nitrogens is 1. The van der Waals surface area contributed by atoms with Crippen LogP contribution in [0.2, 0.25) is 5.02 Å². The number of halogens is 1. The van der Waals surface area contributed by atoms with Gasteiger partial charge in [0.1, 0.15) is 5.82 Å². The van der Waals surface area contributed by atoms with E-state index in [1.54, 1.807) is 0 Å². The quantitative estimate of drug-likeness (QED) is 0.849. The Morgan fingerprint density at radius 1 is 1.59 bits per heavy atom. The van der Waals surface area contributed by atoms with Gasteiger partial charge >= 0.3 is 5.97 Å². The number of pyridine rings is 1. The fraction of sp³-hybridized carbons (Fsp3) is 0.500. The Morgan fingerprint density at radius 3 is 2.76 bits per heavy atom. The van der Waals surface area contributed by atoms with Gasteiger partial charge in [-0.2, -0.15) is 0 Å². The Bertz CT molecular complexity index is 409. The molecule has 0 aliphatic rings. The van der Waals surface area contributed by atoms with Crippen molar-refractivity contribution >= 4 is 23.4 Å². The second-order valence-electron chi connectivity index (χ2n) is 4.17. The van der Waals surface area contributed by atoms with E-state index in [0.717, 1.165) is 6.42 Å². The van der Waals surface area contributed by atoms with Crippen molar-refractivity contribution in [2.75, 3.05) is 5.32 Å². The van der Waals surface area contributed by atoms with Crippen LogP contribution in [0.1, 0.15) is 37.6 Å². The van der Waals surface area contributed by atoms with Gasteiger partial charge in [0, 0.05) is 12.2 Å². The lowest BCUT2D eigenvalue weighted by molar-refractivity contribution is 0.0697. The molecule has 1 aromatic heterocycles. The van der Waals surface area contributed by atoms with E-state index in [9.17, 15) is 4.79 Å². The Hall–Kier alpha value is -1.29. The highest BCUT2D eigenvalue weighted by Crippen LogP contribution is 2.20. The largest absolute Gasteiger partial charge is 0.478 e. The van der Waals surface area contributed by atoms with Crippen LogP contribution in [0.5, 0.6) is 0 Å². The lowest BCUT2D eigenvalue weighted by Gasteiger charge is -2.20. The number of nitrogens with one attached hydrogen (secondary N) is 1. The average Bonchev–Trinajstić information content (AvgIpc) is 2.30. The number of hydrogen-bond acceptors (Lipinski definition) is 3. The van der Waals surface area contributed by atoms with Gasteiger partial charge in [0.2, 0.25) is 0 Å². The zero-order chi connectivity index (χ0) is 13.0. The number of anilines is 1. The molecule has 0 aliphatic heterocycles. The van der Waals surface area contributed by atoms with E-state index in [1.807, 2.05) is 6.92 Å². The van der Waals surface area contributed by atoms with E-state index < -0.39 is 5.97 Å². The summed E-state index contributed by atoms with van der Waals surface area (Å²) in [5, 5.41) is 12.3. The first kappa shape index (κ1) is 13.8. The van der Waals surface area contributed by atoms with Crippen LogP contribution in [-0.4, -0.2) is 22.1 Å². The predicted molar refractivity (Wildman–Crippen MR) is 68.7 cm³/mol. The third-order valence-electron chi connectivity index (χ3n) is 2.96. The van der Waals surface area contributed by atoms with Crippen LogP contribution >= 0.6 is 11.6 Å². The molecule has 2 unspecified atom stereocenters. The van der Waals surface area contributed by atoms with E-state index in [2.05, 4.69) is 24.1 Å². The highest BCUT2D eigenvalue weighted by molar-refractivity contribution is 6.33. The smallest absolute Gasteiger partial charge is 0.337 e. The predicted octanol–water partition coefficient (Wildman–Crippen LogP) is 3.28. The van der Waals surface area contributed by atoms with Crippen molar-refractivity contribution in [2.45, 2.75) is 33.2 Å². The molecule has 2 atom stereocenters. The van der Waals surface area contributed by atoms with Crippen LogP contribution in [0.4, 0.5) is 5.82 Å². The second kappa shape index (κ2) is 5.87. The van der Waals surface area contributed by atoms with Crippen molar-refractivity contribution in [2.24, 2.45) is 5.92 Å². The zero-order valence-corrected chi connectivity index (χ0v) is 11.0. The summed E-state index contributed by atoms with van der Waals surface area (Å²) in [6.45, 7) is 6.29. The van der Waals surface area contributed by atoms with Gasteiger partial charge in [0.25, 0.3) is 0 Å². The van der Waals surface area contributed by atoms with Gasteiger partial charge in [0.05, 0.1) is 10.6 Å². The van der Waals surface area contributed by atoms with Crippen LogP contribution in [0, 0.1) is 5.92 Å². The molecule has 0 spiro atoms. The standard InChI is InChI=1S/C12H17ClN2O2/c1-4-7(2)8(3)15-11-5-9(12(16)17)10(13)6-14-11/h5-8H,4H2,1-3H3,(H,14,15)(H,16,17). The molecular weight excluding hydrogens is 240 g/mol. The molecule has 0 aromatic carbocycles. The first-order valence-electron chi connectivity index (χ1n) is 5.61. The molecule has 0 radical (unpaired) electrons. The van der Waals surface area contributed by atoms with Crippen LogP contribution < -0.4 is 5.32 Å². The van der Waals surface area contributed by atoms with Gasteiger partial charge in [-0.05, 0) is 18.9 Å². The van der Waals surface area contributed by atoms with Crippen molar-refractivity contribution in [1.29, 1.82) is 0 Å². The minimum absolute atomic E-state index is 0.0699. The number of hydrogen-bond donors (Lipinski definition) is 2. The summed E-state index contributed by atoms with van der Waals surface area (Å²) in [6, 6.07) is 1.69. The molecule has 0 aliphatic carbocycles. The molecule has 1 aromatic rings. The molecular formula is C12H17ClN2O2. The Morgan fingerprint density at radius 2 is 2.24 bits per heavy atom. The summed E-state index contributed by atoms with van der Waals surface area (Å²) >= 11 is 5.75. The van der Waals surface area contributed by atoms with Crippen LogP contribution in [0.25, 0.3) is 0 Å². The number of carboxylic acid groups (broad SMARTS) is 1. The molecule has 4 nitrogen and oxygen atoms in total. The minimum Gasteiger partial charge on any atom is -0.478 e. The Kier molecular flexibility index (Phi) is 4.75. The lowest BCUT2D eigenvalue weighted by Crippen LogP contribution is -2.23. The molecule has 0 saturated heterocycles. The number of nitrogens with zero attached hydrogens (tertiary/aromatic N) is 1. The van der Waals surface area contributed by atoms with Gasteiger partial charge in [-0.15, -0.1) is 0 Å². The topological polar surface area (TPSA) is 62.2 Å².